The van der Waals surface area contributed by atoms with Crippen molar-refractivity contribution in [2.45, 2.75) is 52.4 Å². The van der Waals surface area contributed by atoms with Gasteiger partial charge in [0.25, 0.3) is 0 Å². The summed E-state index contributed by atoms with van der Waals surface area (Å²) < 4.78 is 0. The molecule has 2 aromatic rings. The number of aliphatic hydroxyl groups is 1. The second-order valence-corrected chi connectivity index (χ2v) is 19.5. The summed E-state index contributed by atoms with van der Waals surface area (Å²) in [5, 5.41) is 13.1. The zero-order valence-electron chi connectivity index (χ0n) is 18.5. The van der Waals surface area contributed by atoms with Crippen molar-refractivity contribution < 1.29 is 9.90 Å². The molecule has 0 heterocycles. The third-order valence-electron chi connectivity index (χ3n) is 4.81. The van der Waals surface area contributed by atoms with Crippen molar-refractivity contribution in [3.63, 3.8) is 0 Å². The number of rotatable bonds is 8. The first-order valence-corrected chi connectivity index (χ1v) is 17.1. The summed E-state index contributed by atoms with van der Waals surface area (Å²) in [4.78, 5) is 14.0. The van der Waals surface area contributed by atoms with E-state index in [0.29, 0.717) is 18.3 Å². The first kappa shape index (κ1) is 22.9. The summed E-state index contributed by atoms with van der Waals surface area (Å²) in [5.41, 5.74) is 2.24. The molecule has 0 aromatic heterocycles. The lowest BCUT2D eigenvalue weighted by Gasteiger charge is -2.33. The van der Waals surface area contributed by atoms with Crippen LogP contribution in [0.25, 0.3) is 0 Å². The number of benzene rings is 2. The summed E-state index contributed by atoms with van der Waals surface area (Å²) in [7, 11) is -3.99. The number of aliphatic hydroxyl groups excluding tert-OH is 1. The molecule has 2 aromatic carbocycles. The molecule has 154 valence electrons. The molecule has 0 radical (unpaired) electrons. The minimum Gasteiger partial charge on any atom is -0.495 e. The zero-order chi connectivity index (χ0) is 21.7. The smallest absolute Gasteiger partial charge is 0.187 e. The van der Waals surface area contributed by atoms with Crippen LogP contribution in [-0.2, 0) is 17.9 Å². The number of hydrogen-bond acceptors (Lipinski definition) is 3. The topological polar surface area (TPSA) is 40.5 Å². The predicted octanol–water partition coefficient (Wildman–Crippen LogP) is 5.97. The quantitative estimate of drug-likeness (QED) is 0.246. The molecule has 0 spiro atoms. The van der Waals surface area contributed by atoms with Gasteiger partial charge in [0.2, 0.25) is 0 Å². The molecule has 0 saturated heterocycles. The lowest BCUT2D eigenvalue weighted by atomic mass is 10.1. The zero-order valence-corrected chi connectivity index (χ0v) is 20.5. The number of allylic oxidation sites excluding steroid dienone is 2. The fourth-order valence-corrected chi connectivity index (χ4v) is 8.42. The van der Waals surface area contributed by atoms with Gasteiger partial charge in [-0.3, -0.25) is 0 Å². The average molecular weight is 424 g/mol. The molecule has 0 aliphatic rings. The molecule has 5 heteroatoms. The molecule has 0 amide bonds. The lowest BCUT2D eigenvalue weighted by molar-refractivity contribution is 0.185. The van der Waals surface area contributed by atoms with Crippen LogP contribution in [0.15, 0.2) is 76.9 Å². The predicted molar refractivity (Wildman–Crippen MR) is 128 cm³/mol. The Balaban J connectivity index is 2.61. The van der Waals surface area contributed by atoms with E-state index in [0.717, 1.165) is 16.3 Å². The first-order valence-electron chi connectivity index (χ1n) is 10.1. The molecule has 0 atom stereocenters. The summed E-state index contributed by atoms with van der Waals surface area (Å²) in [6.07, 6.45) is 0. The fraction of sp³-hybridized carbons (Fsp3) is 0.333. The van der Waals surface area contributed by atoms with Gasteiger partial charge in [0.1, 0.15) is 5.94 Å². The number of hydrogen-bond donors (Lipinski definition) is 1. The summed E-state index contributed by atoms with van der Waals surface area (Å²) >= 11 is 0. The molecule has 0 bridgehead atoms. The minimum absolute atomic E-state index is 0.234. The monoisotopic (exact) mass is 423 g/mol. The van der Waals surface area contributed by atoms with Gasteiger partial charge in [0, 0.05) is 23.5 Å². The third kappa shape index (κ3) is 6.33. The summed E-state index contributed by atoms with van der Waals surface area (Å²) in [6, 6.07) is 20.3. The summed E-state index contributed by atoms with van der Waals surface area (Å²) in [5.74, 6) is 2.46. The lowest BCUT2D eigenvalue weighted by Crippen LogP contribution is -2.39. The van der Waals surface area contributed by atoms with Crippen molar-refractivity contribution in [1.82, 2.24) is 4.90 Å². The van der Waals surface area contributed by atoms with E-state index in [1.54, 1.807) is 0 Å². The largest absolute Gasteiger partial charge is 0.495 e. The first-order chi connectivity index (χ1) is 13.5. The van der Waals surface area contributed by atoms with Gasteiger partial charge in [0.15, 0.2) is 5.88 Å². The van der Waals surface area contributed by atoms with Crippen molar-refractivity contribution >= 4 is 22.1 Å². The van der Waals surface area contributed by atoms with E-state index < -0.39 is 16.1 Å². The van der Waals surface area contributed by atoms with E-state index in [2.05, 4.69) is 69.5 Å². The average Bonchev–Trinajstić information content (AvgIpc) is 2.64. The van der Waals surface area contributed by atoms with Gasteiger partial charge in [-0.1, -0.05) is 99.9 Å². The van der Waals surface area contributed by atoms with E-state index in [4.69, 9.17) is 0 Å². The molecule has 0 aliphatic heterocycles. The highest BCUT2D eigenvalue weighted by atomic mass is 28.3. The van der Waals surface area contributed by atoms with Crippen molar-refractivity contribution in [1.29, 1.82) is 0 Å². The van der Waals surface area contributed by atoms with Gasteiger partial charge < -0.3 is 10.0 Å². The van der Waals surface area contributed by atoms with Gasteiger partial charge >= 0.3 is 0 Å². The second-order valence-electron chi connectivity index (χ2n) is 9.50. The SMILES string of the molecule is C[Si](C)(C)C(=C=O)/C(=C(\O)N(Cc1ccccc1)Cc1ccccc1)[Si](C)(C)C. The standard InChI is InChI=1S/C24H33NO2Si2/c1-28(2,3)22(19-26)23(29(4,5)6)24(27)25(17-20-13-9-7-10-14-20)18-21-15-11-8-12-16-21/h7-16,27H,17-18H2,1-6H3/b24-23+. The Bertz CT molecular complexity index is 846. The van der Waals surface area contributed by atoms with Crippen LogP contribution in [0.2, 0.25) is 39.3 Å². The van der Waals surface area contributed by atoms with Gasteiger partial charge in [0.05, 0.1) is 16.1 Å². The Hall–Kier alpha value is -2.34. The molecular formula is C24H33NO2Si2. The van der Waals surface area contributed by atoms with E-state index in [1.165, 1.54) is 0 Å². The van der Waals surface area contributed by atoms with Crippen LogP contribution in [-0.4, -0.2) is 32.1 Å². The van der Waals surface area contributed by atoms with Gasteiger partial charge in [-0.05, 0) is 11.1 Å². The Morgan fingerprint density at radius 1 is 0.793 bits per heavy atom. The molecule has 0 saturated carbocycles. The van der Waals surface area contributed by atoms with Crippen LogP contribution in [0.5, 0.6) is 0 Å². The van der Waals surface area contributed by atoms with Crippen LogP contribution in [0.1, 0.15) is 11.1 Å². The van der Waals surface area contributed by atoms with Crippen LogP contribution in [0.4, 0.5) is 0 Å². The van der Waals surface area contributed by atoms with Crippen molar-refractivity contribution in [2.75, 3.05) is 0 Å². The normalized spacial score (nSPS) is 12.8. The van der Waals surface area contributed by atoms with Crippen molar-refractivity contribution in [3.05, 3.63) is 88.1 Å². The maximum atomic E-state index is 12.0. The highest BCUT2D eigenvalue weighted by Gasteiger charge is 2.36. The summed E-state index contributed by atoms with van der Waals surface area (Å²) in [6.45, 7) is 14.1. The number of nitrogens with zero attached hydrogens (tertiary/aromatic N) is 1. The Labute approximate surface area is 177 Å². The van der Waals surface area contributed by atoms with Crippen LogP contribution in [0, 0.1) is 0 Å². The fourth-order valence-electron chi connectivity index (χ4n) is 3.37. The van der Waals surface area contributed by atoms with E-state index in [1.807, 2.05) is 41.3 Å². The van der Waals surface area contributed by atoms with Crippen molar-refractivity contribution in [2.24, 2.45) is 0 Å². The van der Waals surface area contributed by atoms with E-state index >= 15 is 0 Å². The molecular weight excluding hydrogens is 390 g/mol. The van der Waals surface area contributed by atoms with Crippen LogP contribution >= 0.6 is 0 Å². The molecule has 2 rings (SSSR count). The molecule has 3 nitrogen and oxygen atoms in total. The highest BCUT2D eigenvalue weighted by Crippen LogP contribution is 2.32. The molecule has 0 unspecified atom stereocenters. The Kier molecular flexibility index (Phi) is 7.47. The number of carbonyl (C=O) groups excluding carboxylic acids is 1. The molecule has 29 heavy (non-hydrogen) atoms. The van der Waals surface area contributed by atoms with Crippen LogP contribution < -0.4 is 0 Å². The molecule has 0 aliphatic carbocycles. The van der Waals surface area contributed by atoms with Crippen LogP contribution in [0.3, 0.4) is 0 Å². The minimum atomic E-state index is -2.02. The van der Waals surface area contributed by atoms with Gasteiger partial charge in [-0.15, -0.1) is 0 Å². The Morgan fingerprint density at radius 2 is 1.21 bits per heavy atom. The maximum Gasteiger partial charge on any atom is 0.187 e. The van der Waals surface area contributed by atoms with Crippen molar-refractivity contribution in [3.8, 4) is 0 Å². The van der Waals surface area contributed by atoms with E-state index in [9.17, 15) is 9.90 Å². The van der Waals surface area contributed by atoms with Gasteiger partial charge in [-0.25, -0.2) is 4.79 Å². The molecule has 0 fully saturated rings. The highest BCUT2D eigenvalue weighted by molar-refractivity contribution is 6.93. The Morgan fingerprint density at radius 3 is 1.52 bits per heavy atom. The molecule has 1 N–H and O–H groups in total. The third-order valence-corrected chi connectivity index (χ3v) is 8.88. The van der Waals surface area contributed by atoms with Gasteiger partial charge in [-0.2, -0.15) is 0 Å². The second kappa shape index (κ2) is 9.44. The van der Waals surface area contributed by atoms with E-state index in [-0.39, 0.29) is 5.88 Å². The maximum absolute atomic E-state index is 12.0.